The van der Waals surface area contributed by atoms with Gasteiger partial charge in [0.2, 0.25) is 0 Å². The SMILES string of the molecule is CC(C)c1ccc2c(c1)C(N1CCCCC1)CCN2. The normalized spacial score (nSPS) is 24.1. The van der Waals surface area contributed by atoms with Crippen LogP contribution < -0.4 is 5.32 Å². The minimum atomic E-state index is 0.620. The molecule has 1 saturated heterocycles. The molecule has 0 aliphatic carbocycles. The summed E-state index contributed by atoms with van der Waals surface area (Å²) in [6, 6.07) is 7.68. The lowest BCUT2D eigenvalue weighted by molar-refractivity contribution is 0.156. The van der Waals surface area contributed by atoms with E-state index in [2.05, 4.69) is 42.3 Å². The molecular formula is C17H26N2. The number of anilines is 1. The van der Waals surface area contributed by atoms with Crippen molar-refractivity contribution < 1.29 is 0 Å². The van der Waals surface area contributed by atoms with Gasteiger partial charge in [0, 0.05) is 18.3 Å². The smallest absolute Gasteiger partial charge is 0.0388 e. The van der Waals surface area contributed by atoms with Crippen LogP contribution in [0.3, 0.4) is 0 Å². The number of fused-ring (bicyclic) bond motifs is 1. The number of hydrogen-bond acceptors (Lipinski definition) is 2. The predicted octanol–water partition coefficient (Wildman–Crippen LogP) is 4.15. The Labute approximate surface area is 117 Å². The van der Waals surface area contributed by atoms with Gasteiger partial charge >= 0.3 is 0 Å². The van der Waals surface area contributed by atoms with Crippen molar-refractivity contribution in [2.75, 3.05) is 25.0 Å². The predicted molar refractivity (Wildman–Crippen MR) is 81.8 cm³/mol. The summed E-state index contributed by atoms with van der Waals surface area (Å²) in [5.74, 6) is 0.620. The summed E-state index contributed by atoms with van der Waals surface area (Å²) in [4.78, 5) is 2.72. The molecule has 3 rings (SSSR count). The molecule has 1 N–H and O–H groups in total. The van der Waals surface area contributed by atoms with Gasteiger partial charge in [-0.3, -0.25) is 4.90 Å². The van der Waals surface area contributed by atoms with Crippen molar-refractivity contribution >= 4 is 5.69 Å². The molecule has 2 aliphatic rings. The Kier molecular flexibility index (Phi) is 3.79. The Morgan fingerprint density at radius 2 is 1.95 bits per heavy atom. The minimum absolute atomic E-state index is 0.620. The molecular weight excluding hydrogens is 232 g/mol. The Balaban J connectivity index is 1.90. The maximum Gasteiger partial charge on any atom is 0.0388 e. The van der Waals surface area contributed by atoms with Gasteiger partial charge in [0.05, 0.1) is 0 Å². The molecule has 0 saturated carbocycles. The van der Waals surface area contributed by atoms with Gasteiger partial charge in [0.1, 0.15) is 0 Å². The number of nitrogens with zero attached hydrogens (tertiary/aromatic N) is 1. The van der Waals surface area contributed by atoms with Crippen LogP contribution in [0.2, 0.25) is 0 Å². The lowest BCUT2D eigenvalue weighted by atomic mass is 9.90. The summed E-state index contributed by atoms with van der Waals surface area (Å²) in [5, 5.41) is 3.57. The van der Waals surface area contributed by atoms with E-state index in [4.69, 9.17) is 0 Å². The van der Waals surface area contributed by atoms with Gasteiger partial charge in [-0.05, 0) is 55.5 Å². The lowest BCUT2D eigenvalue weighted by Crippen LogP contribution is -2.36. The number of hydrogen-bond donors (Lipinski definition) is 1. The van der Waals surface area contributed by atoms with Crippen LogP contribution in [0, 0.1) is 0 Å². The fraction of sp³-hybridized carbons (Fsp3) is 0.647. The molecule has 1 fully saturated rings. The number of likely N-dealkylation sites (tertiary alicyclic amines) is 1. The molecule has 104 valence electrons. The van der Waals surface area contributed by atoms with Crippen LogP contribution in [0.25, 0.3) is 0 Å². The van der Waals surface area contributed by atoms with Gasteiger partial charge in [-0.25, -0.2) is 0 Å². The largest absolute Gasteiger partial charge is 0.385 e. The van der Waals surface area contributed by atoms with Crippen molar-refractivity contribution in [3.8, 4) is 0 Å². The van der Waals surface area contributed by atoms with Gasteiger partial charge in [0.25, 0.3) is 0 Å². The standard InChI is InChI=1S/C17H26N2/c1-13(2)14-6-7-16-15(12-14)17(8-9-18-16)19-10-4-3-5-11-19/h6-7,12-13,17-18H,3-5,8-11H2,1-2H3. The Bertz CT molecular complexity index is 433. The molecule has 0 radical (unpaired) electrons. The lowest BCUT2D eigenvalue weighted by Gasteiger charge is -2.38. The van der Waals surface area contributed by atoms with Gasteiger partial charge in [-0.15, -0.1) is 0 Å². The van der Waals surface area contributed by atoms with Crippen LogP contribution in [0.4, 0.5) is 5.69 Å². The quantitative estimate of drug-likeness (QED) is 0.857. The monoisotopic (exact) mass is 258 g/mol. The molecule has 2 heterocycles. The first kappa shape index (κ1) is 13.0. The van der Waals surface area contributed by atoms with E-state index >= 15 is 0 Å². The zero-order chi connectivity index (χ0) is 13.2. The average Bonchev–Trinajstić information content (AvgIpc) is 2.47. The third-order valence-electron chi connectivity index (χ3n) is 4.67. The second kappa shape index (κ2) is 5.54. The van der Waals surface area contributed by atoms with Crippen molar-refractivity contribution in [3.63, 3.8) is 0 Å². The van der Waals surface area contributed by atoms with E-state index in [1.54, 1.807) is 5.56 Å². The summed E-state index contributed by atoms with van der Waals surface area (Å²) >= 11 is 0. The van der Waals surface area contributed by atoms with Crippen LogP contribution in [-0.2, 0) is 0 Å². The summed E-state index contributed by atoms with van der Waals surface area (Å²) in [7, 11) is 0. The van der Waals surface area contributed by atoms with Crippen LogP contribution in [0.5, 0.6) is 0 Å². The van der Waals surface area contributed by atoms with Crippen molar-refractivity contribution in [3.05, 3.63) is 29.3 Å². The maximum absolute atomic E-state index is 3.57. The third kappa shape index (κ3) is 2.64. The fourth-order valence-corrected chi connectivity index (χ4v) is 3.49. The van der Waals surface area contributed by atoms with Gasteiger partial charge in [-0.2, -0.15) is 0 Å². The second-order valence-corrected chi connectivity index (χ2v) is 6.33. The van der Waals surface area contributed by atoms with Gasteiger partial charge in [-0.1, -0.05) is 32.4 Å². The Morgan fingerprint density at radius 3 is 2.68 bits per heavy atom. The molecule has 1 atom stereocenters. The van der Waals surface area contributed by atoms with Crippen molar-refractivity contribution in [2.24, 2.45) is 0 Å². The topological polar surface area (TPSA) is 15.3 Å². The summed E-state index contributed by atoms with van der Waals surface area (Å²) in [6.45, 7) is 8.27. The Hall–Kier alpha value is -1.02. The summed E-state index contributed by atoms with van der Waals surface area (Å²) < 4.78 is 0. The van der Waals surface area contributed by atoms with E-state index in [-0.39, 0.29) is 0 Å². The maximum atomic E-state index is 3.57. The van der Waals surface area contributed by atoms with E-state index < -0.39 is 0 Å². The molecule has 19 heavy (non-hydrogen) atoms. The van der Waals surface area contributed by atoms with Crippen LogP contribution in [-0.4, -0.2) is 24.5 Å². The molecule has 2 heteroatoms. The Morgan fingerprint density at radius 1 is 1.16 bits per heavy atom. The highest BCUT2D eigenvalue weighted by Crippen LogP contribution is 2.37. The average molecular weight is 258 g/mol. The number of nitrogens with one attached hydrogen (secondary N) is 1. The second-order valence-electron chi connectivity index (χ2n) is 6.33. The number of rotatable bonds is 2. The molecule has 1 unspecified atom stereocenters. The van der Waals surface area contributed by atoms with Crippen molar-refractivity contribution in [1.82, 2.24) is 4.90 Å². The molecule has 1 aromatic rings. The van der Waals surface area contributed by atoms with Crippen molar-refractivity contribution in [2.45, 2.75) is 51.5 Å². The zero-order valence-electron chi connectivity index (χ0n) is 12.3. The third-order valence-corrected chi connectivity index (χ3v) is 4.67. The summed E-state index contributed by atoms with van der Waals surface area (Å²) in [6.07, 6.45) is 5.43. The van der Waals surface area contributed by atoms with E-state index in [0.717, 1.165) is 6.54 Å². The van der Waals surface area contributed by atoms with Gasteiger partial charge in [0.15, 0.2) is 0 Å². The molecule has 0 amide bonds. The highest BCUT2D eigenvalue weighted by Gasteiger charge is 2.27. The first-order valence-electron chi connectivity index (χ1n) is 7.87. The van der Waals surface area contributed by atoms with Crippen LogP contribution >= 0.6 is 0 Å². The minimum Gasteiger partial charge on any atom is -0.385 e. The van der Waals surface area contributed by atoms with Crippen LogP contribution in [0.1, 0.15) is 62.6 Å². The number of benzene rings is 1. The fourth-order valence-electron chi connectivity index (χ4n) is 3.49. The highest BCUT2D eigenvalue weighted by molar-refractivity contribution is 5.56. The molecule has 0 bridgehead atoms. The highest BCUT2D eigenvalue weighted by atomic mass is 15.2. The summed E-state index contributed by atoms with van der Waals surface area (Å²) in [5.41, 5.74) is 4.38. The molecule has 1 aromatic carbocycles. The van der Waals surface area contributed by atoms with Gasteiger partial charge < -0.3 is 5.32 Å². The van der Waals surface area contributed by atoms with E-state index in [0.29, 0.717) is 12.0 Å². The molecule has 0 aromatic heterocycles. The van der Waals surface area contributed by atoms with Crippen LogP contribution in [0.15, 0.2) is 18.2 Å². The van der Waals surface area contributed by atoms with E-state index in [9.17, 15) is 0 Å². The number of piperidine rings is 1. The van der Waals surface area contributed by atoms with E-state index in [1.807, 2.05) is 0 Å². The zero-order valence-corrected chi connectivity index (χ0v) is 12.3. The molecule has 2 aliphatic heterocycles. The molecule has 2 nitrogen and oxygen atoms in total. The first-order chi connectivity index (χ1) is 9.25. The van der Waals surface area contributed by atoms with Crippen molar-refractivity contribution in [1.29, 1.82) is 0 Å². The first-order valence-corrected chi connectivity index (χ1v) is 7.87. The van der Waals surface area contributed by atoms with E-state index in [1.165, 1.54) is 50.0 Å². The molecule has 0 spiro atoms.